The number of nitrogens with zero attached hydrogens (tertiary/aromatic N) is 2. The molecule has 1 rings (SSSR count). The molecule has 0 atom stereocenters. The molecule has 1 aromatic rings. The minimum Gasteiger partial charge on any atom is -0.481 e. The summed E-state index contributed by atoms with van der Waals surface area (Å²) in [4.78, 5) is 23.9. The van der Waals surface area contributed by atoms with Crippen molar-refractivity contribution in [2.24, 2.45) is 0 Å². The Labute approximate surface area is 125 Å². The fraction of sp³-hybridized carbons (Fsp3) is 0.308. The van der Waals surface area contributed by atoms with Gasteiger partial charge < -0.3 is 15.3 Å². The van der Waals surface area contributed by atoms with Crippen molar-refractivity contribution >= 4 is 33.6 Å². The lowest BCUT2D eigenvalue weighted by molar-refractivity contribution is -0.137. The minimum absolute atomic E-state index is 0.118. The van der Waals surface area contributed by atoms with Crippen LogP contribution in [0.15, 0.2) is 22.7 Å². The molecule has 0 unspecified atom stereocenters. The number of carbonyl (C=O) groups excluding carboxylic acids is 1. The van der Waals surface area contributed by atoms with E-state index >= 15 is 0 Å². The molecule has 0 saturated heterocycles. The van der Waals surface area contributed by atoms with Crippen LogP contribution in [0, 0.1) is 11.3 Å². The van der Waals surface area contributed by atoms with Gasteiger partial charge in [-0.15, -0.1) is 0 Å². The van der Waals surface area contributed by atoms with Crippen LogP contribution in [0.2, 0.25) is 0 Å². The average Bonchev–Trinajstić information content (AvgIpc) is 2.41. The first-order chi connectivity index (χ1) is 9.47. The van der Waals surface area contributed by atoms with Crippen LogP contribution in [-0.4, -0.2) is 35.1 Å². The number of rotatable bonds is 5. The van der Waals surface area contributed by atoms with Gasteiger partial charge >= 0.3 is 12.0 Å². The highest BCUT2D eigenvalue weighted by Gasteiger charge is 2.14. The summed E-state index contributed by atoms with van der Waals surface area (Å²) in [7, 11) is 0. The third-order valence-electron chi connectivity index (χ3n) is 2.61. The molecule has 0 fully saturated rings. The predicted molar refractivity (Wildman–Crippen MR) is 77.4 cm³/mol. The Morgan fingerprint density at radius 2 is 2.20 bits per heavy atom. The number of aliphatic carboxylic acids is 1. The molecule has 2 N–H and O–H groups in total. The maximum atomic E-state index is 12.0. The summed E-state index contributed by atoms with van der Waals surface area (Å²) in [5.41, 5.74) is 0.733. The lowest BCUT2D eigenvalue weighted by Crippen LogP contribution is -2.36. The Morgan fingerprint density at radius 3 is 2.75 bits per heavy atom. The number of halogens is 1. The molecule has 6 nitrogen and oxygen atoms in total. The van der Waals surface area contributed by atoms with Gasteiger partial charge in [0.25, 0.3) is 0 Å². The zero-order chi connectivity index (χ0) is 15.1. The number of carbonyl (C=O) groups is 2. The predicted octanol–water partition coefficient (Wildman–Crippen LogP) is 2.65. The minimum atomic E-state index is -0.961. The topological polar surface area (TPSA) is 93.4 Å². The van der Waals surface area contributed by atoms with E-state index in [9.17, 15) is 9.59 Å². The van der Waals surface area contributed by atoms with E-state index in [1.165, 1.54) is 4.90 Å². The van der Waals surface area contributed by atoms with Crippen molar-refractivity contribution in [1.82, 2.24) is 4.90 Å². The van der Waals surface area contributed by atoms with E-state index in [0.29, 0.717) is 17.8 Å². The second-order valence-electron chi connectivity index (χ2n) is 3.96. The second-order valence-corrected chi connectivity index (χ2v) is 4.87. The first kappa shape index (κ1) is 16.0. The Morgan fingerprint density at radius 1 is 1.50 bits per heavy atom. The number of nitriles is 1. The van der Waals surface area contributed by atoms with Crippen LogP contribution in [0.4, 0.5) is 10.5 Å². The largest absolute Gasteiger partial charge is 0.481 e. The Bertz CT molecular complexity index is 554. The molecular formula is C13H14BrN3O3. The maximum absolute atomic E-state index is 12.0. The van der Waals surface area contributed by atoms with Crippen LogP contribution in [0.25, 0.3) is 0 Å². The molecule has 1 aromatic carbocycles. The van der Waals surface area contributed by atoms with Crippen molar-refractivity contribution in [3.8, 4) is 6.07 Å². The van der Waals surface area contributed by atoms with Crippen LogP contribution in [0.1, 0.15) is 18.9 Å². The van der Waals surface area contributed by atoms with Gasteiger partial charge in [-0.25, -0.2) is 4.79 Å². The normalized spacial score (nSPS) is 9.65. The van der Waals surface area contributed by atoms with Gasteiger partial charge in [0.15, 0.2) is 0 Å². The fourth-order valence-electron chi connectivity index (χ4n) is 1.55. The molecule has 0 aliphatic heterocycles. The van der Waals surface area contributed by atoms with Gasteiger partial charge in [0.05, 0.1) is 17.7 Å². The molecule has 0 spiro atoms. The van der Waals surface area contributed by atoms with Crippen LogP contribution < -0.4 is 5.32 Å². The summed E-state index contributed by atoms with van der Waals surface area (Å²) in [6, 6.07) is 6.50. The lowest BCUT2D eigenvalue weighted by atomic mass is 10.2. The van der Waals surface area contributed by atoms with Crippen LogP contribution in [-0.2, 0) is 4.79 Å². The monoisotopic (exact) mass is 339 g/mol. The van der Waals surface area contributed by atoms with Crippen LogP contribution in [0.3, 0.4) is 0 Å². The molecule has 0 bridgehead atoms. The van der Waals surface area contributed by atoms with E-state index in [1.54, 1.807) is 25.1 Å². The van der Waals surface area contributed by atoms with Gasteiger partial charge in [-0.2, -0.15) is 5.26 Å². The molecular weight excluding hydrogens is 326 g/mol. The maximum Gasteiger partial charge on any atom is 0.321 e. The highest BCUT2D eigenvalue weighted by Crippen LogP contribution is 2.20. The number of carboxylic acids is 1. The fourth-order valence-corrected chi connectivity index (χ4v) is 1.91. The molecule has 0 aliphatic carbocycles. The van der Waals surface area contributed by atoms with Crippen molar-refractivity contribution in [2.75, 3.05) is 18.4 Å². The summed E-state index contributed by atoms with van der Waals surface area (Å²) in [5.74, 6) is -0.961. The van der Waals surface area contributed by atoms with Crippen LogP contribution in [0.5, 0.6) is 0 Å². The summed E-state index contributed by atoms with van der Waals surface area (Å²) in [6.45, 7) is 2.27. The third-order valence-corrected chi connectivity index (χ3v) is 3.10. The molecule has 0 heterocycles. The van der Waals surface area contributed by atoms with Gasteiger partial charge in [-0.05, 0) is 25.1 Å². The van der Waals surface area contributed by atoms with E-state index < -0.39 is 12.0 Å². The molecule has 2 amide bonds. The number of carboxylic acid groups (broad SMARTS) is 1. The number of benzene rings is 1. The quantitative estimate of drug-likeness (QED) is 0.862. The molecule has 7 heteroatoms. The van der Waals surface area contributed by atoms with Crippen molar-refractivity contribution in [2.45, 2.75) is 13.3 Å². The number of anilines is 1. The average molecular weight is 340 g/mol. The smallest absolute Gasteiger partial charge is 0.321 e. The molecule has 0 saturated carbocycles. The van der Waals surface area contributed by atoms with E-state index in [-0.39, 0.29) is 13.0 Å². The summed E-state index contributed by atoms with van der Waals surface area (Å²) in [5, 5.41) is 20.3. The number of nitrogens with one attached hydrogen (secondary N) is 1. The van der Waals surface area contributed by atoms with E-state index in [2.05, 4.69) is 21.2 Å². The zero-order valence-electron chi connectivity index (χ0n) is 10.9. The molecule has 0 radical (unpaired) electrons. The van der Waals surface area contributed by atoms with Gasteiger partial charge in [-0.1, -0.05) is 15.9 Å². The Hall–Kier alpha value is -2.07. The van der Waals surface area contributed by atoms with E-state index in [4.69, 9.17) is 10.4 Å². The lowest BCUT2D eigenvalue weighted by Gasteiger charge is -2.20. The standard InChI is InChI=1S/C13H14BrN3O3/c1-2-17(6-5-12(18)19)13(20)16-11-4-3-10(14)7-9(11)8-15/h3-4,7H,2,5-6H2,1H3,(H,16,20)(H,18,19). The van der Waals surface area contributed by atoms with Gasteiger partial charge in [0.2, 0.25) is 0 Å². The molecule has 0 aromatic heterocycles. The SMILES string of the molecule is CCN(CCC(=O)O)C(=O)Nc1ccc(Br)cc1C#N. The van der Waals surface area contributed by atoms with E-state index in [0.717, 1.165) is 4.47 Å². The van der Waals surface area contributed by atoms with Gasteiger partial charge in [0, 0.05) is 17.6 Å². The Balaban J connectivity index is 2.78. The molecule has 20 heavy (non-hydrogen) atoms. The van der Waals surface area contributed by atoms with Gasteiger partial charge in [0.1, 0.15) is 6.07 Å². The number of amides is 2. The highest BCUT2D eigenvalue weighted by molar-refractivity contribution is 9.10. The molecule has 0 aliphatic rings. The first-order valence-electron chi connectivity index (χ1n) is 5.95. The second kappa shape index (κ2) is 7.50. The van der Waals surface area contributed by atoms with Crippen molar-refractivity contribution in [1.29, 1.82) is 5.26 Å². The van der Waals surface area contributed by atoms with Gasteiger partial charge in [-0.3, -0.25) is 4.79 Å². The third kappa shape index (κ3) is 4.55. The zero-order valence-corrected chi connectivity index (χ0v) is 12.5. The van der Waals surface area contributed by atoms with Crippen LogP contribution >= 0.6 is 15.9 Å². The first-order valence-corrected chi connectivity index (χ1v) is 6.74. The summed E-state index contributed by atoms with van der Waals surface area (Å²) >= 11 is 3.25. The number of hydrogen-bond acceptors (Lipinski definition) is 3. The summed E-state index contributed by atoms with van der Waals surface area (Å²) in [6.07, 6.45) is -0.118. The number of hydrogen-bond donors (Lipinski definition) is 2. The Kier molecular flexibility index (Phi) is 6.00. The molecule has 106 valence electrons. The van der Waals surface area contributed by atoms with E-state index in [1.807, 2.05) is 6.07 Å². The highest BCUT2D eigenvalue weighted by atomic mass is 79.9. The number of urea groups is 1. The van der Waals surface area contributed by atoms with Crippen molar-refractivity contribution < 1.29 is 14.7 Å². The van der Waals surface area contributed by atoms with Crippen molar-refractivity contribution in [3.63, 3.8) is 0 Å². The summed E-state index contributed by atoms with van der Waals surface area (Å²) < 4.78 is 0.741. The van der Waals surface area contributed by atoms with Crippen molar-refractivity contribution in [3.05, 3.63) is 28.2 Å².